The summed E-state index contributed by atoms with van der Waals surface area (Å²) in [5.41, 5.74) is 1.28. The van der Waals surface area contributed by atoms with Crippen LogP contribution in [0.1, 0.15) is 18.4 Å². The van der Waals surface area contributed by atoms with Crippen LogP contribution in [0.3, 0.4) is 0 Å². The van der Waals surface area contributed by atoms with Gasteiger partial charge in [-0.05, 0) is 24.8 Å². The van der Waals surface area contributed by atoms with Gasteiger partial charge in [0.15, 0.2) is 0 Å². The number of nitro groups is 1. The molecule has 0 aliphatic rings. The minimum absolute atomic E-state index is 0.149. The molecule has 0 aliphatic carbocycles. The van der Waals surface area contributed by atoms with Crippen LogP contribution >= 0.6 is 0 Å². The smallest absolute Gasteiger partial charge is 0.269 e. The van der Waals surface area contributed by atoms with Crippen LogP contribution in [-0.4, -0.2) is 18.6 Å². The van der Waals surface area contributed by atoms with Crippen LogP contribution in [0.2, 0.25) is 0 Å². The first-order chi connectivity index (χ1) is 7.24. The van der Waals surface area contributed by atoms with Gasteiger partial charge in [-0.15, -0.1) is 0 Å². The Morgan fingerprint density at radius 3 is 2.47 bits per heavy atom. The lowest BCUT2D eigenvalue weighted by Gasteiger charge is -2.00. The van der Waals surface area contributed by atoms with Gasteiger partial charge in [-0.3, -0.25) is 10.1 Å². The van der Waals surface area contributed by atoms with Gasteiger partial charge in [0.1, 0.15) is 0 Å². The Hall–Kier alpha value is -1.42. The maximum Gasteiger partial charge on any atom is 0.269 e. The van der Waals surface area contributed by atoms with Crippen molar-refractivity contribution in [3.63, 3.8) is 0 Å². The van der Waals surface area contributed by atoms with Gasteiger partial charge in [0, 0.05) is 25.8 Å². The van der Waals surface area contributed by atoms with Crippen LogP contribution < -0.4 is 0 Å². The summed E-state index contributed by atoms with van der Waals surface area (Å²) in [6.45, 7) is 0.771. The summed E-state index contributed by atoms with van der Waals surface area (Å²) in [6.07, 6.45) is 3.01. The van der Waals surface area contributed by atoms with Gasteiger partial charge < -0.3 is 4.74 Å². The lowest BCUT2D eigenvalue weighted by Crippen LogP contribution is -1.92. The second-order valence-corrected chi connectivity index (χ2v) is 3.37. The molecule has 0 saturated carbocycles. The van der Waals surface area contributed by atoms with E-state index in [1.807, 2.05) is 12.1 Å². The maximum absolute atomic E-state index is 10.4. The molecule has 1 aromatic carbocycles. The van der Waals surface area contributed by atoms with E-state index in [-0.39, 0.29) is 10.6 Å². The molecule has 4 nitrogen and oxygen atoms in total. The minimum Gasteiger partial charge on any atom is -0.385 e. The Morgan fingerprint density at radius 1 is 1.27 bits per heavy atom. The van der Waals surface area contributed by atoms with E-state index in [4.69, 9.17) is 4.74 Å². The van der Waals surface area contributed by atoms with E-state index in [1.165, 1.54) is 0 Å². The van der Waals surface area contributed by atoms with Crippen molar-refractivity contribution in [1.82, 2.24) is 0 Å². The topological polar surface area (TPSA) is 52.4 Å². The molecule has 15 heavy (non-hydrogen) atoms. The molecule has 0 heterocycles. The predicted octanol–water partition coefficient (Wildman–Crippen LogP) is 2.56. The summed E-state index contributed by atoms with van der Waals surface area (Å²) in [6, 6.07) is 6.72. The Bertz CT molecular complexity index is 308. The zero-order valence-electron chi connectivity index (χ0n) is 8.81. The molecular weight excluding hydrogens is 194 g/mol. The Morgan fingerprint density at radius 2 is 1.93 bits per heavy atom. The molecule has 1 aromatic rings. The number of hydrogen-bond acceptors (Lipinski definition) is 3. The van der Waals surface area contributed by atoms with Crippen molar-refractivity contribution < 1.29 is 9.66 Å². The first kappa shape index (κ1) is 11.7. The Labute approximate surface area is 89.0 Å². The second kappa shape index (κ2) is 6.14. The van der Waals surface area contributed by atoms with Crippen molar-refractivity contribution in [2.45, 2.75) is 19.3 Å². The largest absolute Gasteiger partial charge is 0.385 e. The predicted molar refractivity (Wildman–Crippen MR) is 57.9 cm³/mol. The zero-order valence-corrected chi connectivity index (χ0v) is 8.81. The molecule has 0 atom stereocenters. The fourth-order valence-electron chi connectivity index (χ4n) is 1.36. The van der Waals surface area contributed by atoms with Crippen molar-refractivity contribution in [1.29, 1.82) is 0 Å². The molecule has 1 rings (SSSR count). The quantitative estimate of drug-likeness (QED) is 0.411. The Balaban J connectivity index is 2.39. The van der Waals surface area contributed by atoms with Gasteiger partial charge in [-0.25, -0.2) is 0 Å². The molecule has 0 saturated heterocycles. The zero-order chi connectivity index (χ0) is 11.1. The van der Waals surface area contributed by atoms with Crippen molar-refractivity contribution in [2.24, 2.45) is 0 Å². The first-order valence-electron chi connectivity index (χ1n) is 4.96. The third-order valence-electron chi connectivity index (χ3n) is 2.21. The normalized spacial score (nSPS) is 10.2. The summed E-state index contributed by atoms with van der Waals surface area (Å²) in [4.78, 5) is 10.0. The average Bonchev–Trinajstić information content (AvgIpc) is 2.25. The highest BCUT2D eigenvalue weighted by Gasteiger charge is 2.03. The average molecular weight is 209 g/mol. The standard InChI is InChI=1S/C11H15NO3/c1-15-9-3-2-4-10-5-7-11(8-6-10)12(13)14/h5-8H,2-4,9H2,1H3. The Kier molecular flexibility index (Phi) is 4.77. The number of ether oxygens (including phenoxy) is 1. The van der Waals surface area contributed by atoms with E-state index < -0.39 is 0 Å². The molecule has 0 bridgehead atoms. The fraction of sp³-hybridized carbons (Fsp3) is 0.455. The lowest BCUT2D eigenvalue weighted by molar-refractivity contribution is -0.384. The van der Waals surface area contributed by atoms with E-state index in [0.717, 1.165) is 31.4 Å². The van der Waals surface area contributed by atoms with E-state index in [0.29, 0.717) is 0 Å². The van der Waals surface area contributed by atoms with E-state index >= 15 is 0 Å². The second-order valence-electron chi connectivity index (χ2n) is 3.37. The molecule has 4 heteroatoms. The van der Waals surface area contributed by atoms with Gasteiger partial charge in [0.25, 0.3) is 5.69 Å². The van der Waals surface area contributed by atoms with Crippen LogP contribution in [0.4, 0.5) is 5.69 Å². The number of nitrogens with zero attached hydrogens (tertiary/aromatic N) is 1. The van der Waals surface area contributed by atoms with Crippen molar-refractivity contribution in [3.8, 4) is 0 Å². The summed E-state index contributed by atoms with van der Waals surface area (Å²) in [5, 5.41) is 10.4. The number of hydrogen-bond donors (Lipinski definition) is 0. The summed E-state index contributed by atoms with van der Waals surface area (Å²) in [7, 11) is 1.69. The monoisotopic (exact) mass is 209 g/mol. The van der Waals surface area contributed by atoms with Crippen LogP contribution in [-0.2, 0) is 11.2 Å². The third-order valence-corrected chi connectivity index (χ3v) is 2.21. The fourth-order valence-corrected chi connectivity index (χ4v) is 1.36. The van der Waals surface area contributed by atoms with Crippen molar-refractivity contribution in [3.05, 3.63) is 39.9 Å². The number of aryl methyl sites for hydroxylation is 1. The van der Waals surface area contributed by atoms with Gasteiger partial charge in [-0.1, -0.05) is 12.1 Å². The van der Waals surface area contributed by atoms with Gasteiger partial charge in [0.05, 0.1) is 4.92 Å². The number of benzene rings is 1. The summed E-state index contributed by atoms with van der Waals surface area (Å²) in [5.74, 6) is 0. The number of nitro benzene ring substituents is 1. The molecule has 0 N–H and O–H groups in total. The van der Waals surface area contributed by atoms with Crippen LogP contribution in [0, 0.1) is 10.1 Å². The molecule has 0 unspecified atom stereocenters. The lowest BCUT2D eigenvalue weighted by atomic mass is 10.1. The highest BCUT2D eigenvalue weighted by Crippen LogP contribution is 2.13. The number of methoxy groups -OCH3 is 1. The SMILES string of the molecule is COCCCCc1ccc([N+](=O)[O-])cc1. The van der Waals surface area contributed by atoms with Crippen LogP contribution in [0.25, 0.3) is 0 Å². The molecular formula is C11H15NO3. The van der Waals surface area contributed by atoms with E-state index in [9.17, 15) is 10.1 Å². The molecule has 0 amide bonds. The molecule has 0 aliphatic heterocycles. The minimum atomic E-state index is -0.380. The van der Waals surface area contributed by atoms with Crippen LogP contribution in [0.15, 0.2) is 24.3 Å². The van der Waals surface area contributed by atoms with E-state index in [1.54, 1.807) is 19.2 Å². The third kappa shape index (κ3) is 4.08. The molecule has 0 spiro atoms. The molecule has 0 aromatic heterocycles. The highest BCUT2D eigenvalue weighted by molar-refractivity contribution is 5.32. The van der Waals surface area contributed by atoms with Crippen LogP contribution in [0.5, 0.6) is 0 Å². The number of unbranched alkanes of at least 4 members (excludes halogenated alkanes) is 1. The summed E-state index contributed by atoms with van der Waals surface area (Å²) >= 11 is 0. The maximum atomic E-state index is 10.4. The molecule has 0 radical (unpaired) electrons. The van der Waals surface area contributed by atoms with E-state index in [2.05, 4.69) is 0 Å². The first-order valence-corrected chi connectivity index (χ1v) is 4.96. The van der Waals surface area contributed by atoms with Gasteiger partial charge in [-0.2, -0.15) is 0 Å². The van der Waals surface area contributed by atoms with Gasteiger partial charge >= 0.3 is 0 Å². The van der Waals surface area contributed by atoms with Gasteiger partial charge in [0.2, 0.25) is 0 Å². The molecule has 0 fully saturated rings. The highest BCUT2D eigenvalue weighted by atomic mass is 16.6. The number of non-ortho nitro benzene ring substituents is 1. The van der Waals surface area contributed by atoms with Crippen molar-refractivity contribution in [2.75, 3.05) is 13.7 Å². The molecule has 82 valence electrons. The van der Waals surface area contributed by atoms with Crippen molar-refractivity contribution >= 4 is 5.69 Å². The number of rotatable bonds is 6. The summed E-state index contributed by atoms with van der Waals surface area (Å²) < 4.78 is 4.94.